The first-order valence-electron chi connectivity index (χ1n) is 3.41. The number of nitrogens with one attached hydrogen (secondary N) is 1. The molecule has 0 saturated carbocycles. The summed E-state index contributed by atoms with van der Waals surface area (Å²) in [4.78, 5) is 7.21. The lowest BCUT2D eigenvalue weighted by atomic mass is 10.2. The SMILES string of the molecule is CC(I)CCc1ncc[nH]1. The molecule has 3 heteroatoms. The number of aryl methyl sites for hydroxylation is 1. The summed E-state index contributed by atoms with van der Waals surface area (Å²) in [7, 11) is 0. The molecule has 0 aliphatic carbocycles. The molecule has 1 unspecified atom stereocenters. The van der Waals surface area contributed by atoms with Crippen LogP contribution in [0.25, 0.3) is 0 Å². The van der Waals surface area contributed by atoms with E-state index >= 15 is 0 Å². The molecule has 1 rings (SSSR count). The molecule has 10 heavy (non-hydrogen) atoms. The van der Waals surface area contributed by atoms with Crippen molar-refractivity contribution in [3.63, 3.8) is 0 Å². The second-order valence-electron chi connectivity index (χ2n) is 2.36. The summed E-state index contributed by atoms with van der Waals surface area (Å²) in [5.41, 5.74) is 0. The van der Waals surface area contributed by atoms with Crippen LogP contribution < -0.4 is 0 Å². The number of aromatic amines is 1. The van der Waals surface area contributed by atoms with Gasteiger partial charge in [-0.05, 0) is 6.42 Å². The molecule has 1 atom stereocenters. The van der Waals surface area contributed by atoms with Gasteiger partial charge in [0.15, 0.2) is 0 Å². The van der Waals surface area contributed by atoms with Crippen LogP contribution in [-0.2, 0) is 6.42 Å². The fourth-order valence-corrected chi connectivity index (χ4v) is 1.08. The number of nitrogens with zero attached hydrogens (tertiary/aromatic N) is 1. The minimum Gasteiger partial charge on any atom is -0.349 e. The Labute approximate surface area is 74.6 Å². The molecule has 2 nitrogen and oxygen atoms in total. The molecule has 1 heterocycles. The van der Waals surface area contributed by atoms with Gasteiger partial charge in [-0.1, -0.05) is 29.5 Å². The van der Waals surface area contributed by atoms with Gasteiger partial charge in [-0.25, -0.2) is 4.98 Å². The highest BCUT2D eigenvalue weighted by molar-refractivity contribution is 14.1. The van der Waals surface area contributed by atoms with Gasteiger partial charge >= 0.3 is 0 Å². The second-order valence-corrected chi connectivity index (χ2v) is 4.48. The Morgan fingerprint density at radius 2 is 2.60 bits per heavy atom. The first-order chi connectivity index (χ1) is 4.79. The van der Waals surface area contributed by atoms with Gasteiger partial charge in [-0.15, -0.1) is 0 Å². The highest BCUT2D eigenvalue weighted by Gasteiger charge is 1.97. The lowest BCUT2D eigenvalue weighted by Crippen LogP contribution is -1.95. The maximum absolute atomic E-state index is 4.13. The molecule has 0 fully saturated rings. The summed E-state index contributed by atoms with van der Waals surface area (Å²) in [5.74, 6) is 1.10. The van der Waals surface area contributed by atoms with Crippen LogP contribution >= 0.6 is 22.6 Å². The van der Waals surface area contributed by atoms with E-state index in [-0.39, 0.29) is 0 Å². The van der Waals surface area contributed by atoms with Crippen LogP contribution in [0.5, 0.6) is 0 Å². The Bertz CT molecular complexity index is 170. The van der Waals surface area contributed by atoms with Gasteiger partial charge in [0.2, 0.25) is 0 Å². The van der Waals surface area contributed by atoms with Crippen LogP contribution in [0.15, 0.2) is 12.4 Å². The molecule has 0 aliphatic heterocycles. The molecule has 0 spiro atoms. The number of hydrogen-bond donors (Lipinski definition) is 1. The van der Waals surface area contributed by atoms with Crippen LogP contribution in [0, 0.1) is 0 Å². The van der Waals surface area contributed by atoms with Gasteiger partial charge in [-0.2, -0.15) is 0 Å². The fraction of sp³-hybridized carbons (Fsp3) is 0.571. The van der Waals surface area contributed by atoms with Crippen LogP contribution in [0.1, 0.15) is 19.2 Å². The van der Waals surface area contributed by atoms with Crippen molar-refractivity contribution in [3.8, 4) is 0 Å². The number of rotatable bonds is 3. The van der Waals surface area contributed by atoms with E-state index in [2.05, 4.69) is 39.5 Å². The molecule has 1 N–H and O–H groups in total. The summed E-state index contributed by atoms with van der Waals surface area (Å²) in [6.45, 7) is 2.21. The third-order valence-electron chi connectivity index (χ3n) is 1.33. The molecule has 56 valence electrons. The van der Waals surface area contributed by atoms with Gasteiger partial charge in [-0.3, -0.25) is 0 Å². The topological polar surface area (TPSA) is 28.7 Å². The van der Waals surface area contributed by atoms with Gasteiger partial charge in [0.25, 0.3) is 0 Å². The van der Waals surface area contributed by atoms with E-state index in [1.165, 1.54) is 6.42 Å². The largest absolute Gasteiger partial charge is 0.349 e. The van der Waals surface area contributed by atoms with Gasteiger partial charge in [0.1, 0.15) is 5.82 Å². The first kappa shape index (κ1) is 8.04. The summed E-state index contributed by atoms with van der Waals surface area (Å²) >= 11 is 2.43. The molecular weight excluding hydrogens is 239 g/mol. The molecule has 0 saturated heterocycles. The molecule has 0 bridgehead atoms. The number of halogens is 1. The number of imidazole rings is 1. The zero-order valence-corrected chi connectivity index (χ0v) is 8.13. The van der Waals surface area contributed by atoms with Crippen molar-refractivity contribution in [2.24, 2.45) is 0 Å². The Balaban J connectivity index is 2.28. The summed E-state index contributed by atoms with van der Waals surface area (Å²) in [6, 6.07) is 0. The van der Waals surface area contributed by atoms with Gasteiger partial charge in [0, 0.05) is 22.7 Å². The highest BCUT2D eigenvalue weighted by atomic mass is 127. The molecule has 0 aliphatic rings. The van der Waals surface area contributed by atoms with Crippen molar-refractivity contribution in [2.75, 3.05) is 0 Å². The Morgan fingerprint density at radius 1 is 1.80 bits per heavy atom. The number of H-pyrrole nitrogens is 1. The molecule has 0 amide bonds. The fourth-order valence-electron chi connectivity index (χ4n) is 0.770. The molecule has 1 aromatic rings. The third kappa shape index (κ3) is 2.68. The van der Waals surface area contributed by atoms with E-state index in [0.717, 1.165) is 16.2 Å². The summed E-state index contributed by atoms with van der Waals surface area (Å²) < 4.78 is 0.739. The van der Waals surface area contributed by atoms with E-state index in [9.17, 15) is 0 Å². The zero-order valence-electron chi connectivity index (χ0n) is 5.97. The van der Waals surface area contributed by atoms with E-state index in [1.807, 2.05) is 6.20 Å². The maximum atomic E-state index is 4.13. The van der Waals surface area contributed by atoms with Crippen molar-refractivity contribution in [1.82, 2.24) is 9.97 Å². The first-order valence-corrected chi connectivity index (χ1v) is 4.66. The van der Waals surface area contributed by atoms with Crippen molar-refractivity contribution in [2.45, 2.75) is 23.7 Å². The molecular formula is C7H11IN2. The number of aromatic nitrogens is 2. The van der Waals surface area contributed by atoms with Crippen molar-refractivity contribution in [3.05, 3.63) is 18.2 Å². The normalized spacial score (nSPS) is 13.4. The van der Waals surface area contributed by atoms with Crippen molar-refractivity contribution < 1.29 is 0 Å². The average molecular weight is 250 g/mol. The van der Waals surface area contributed by atoms with Crippen LogP contribution in [0.4, 0.5) is 0 Å². The van der Waals surface area contributed by atoms with Gasteiger partial charge in [0.05, 0.1) is 0 Å². The lowest BCUT2D eigenvalue weighted by molar-refractivity contribution is 0.793. The standard InChI is InChI=1S/C7H11IN2/c1-6(8)2-3-7-9-4-5-10-7/h4-6H,2-3H2,1H3,(H,9,10). The van der Waals surface area contributed by atoms with Crippen molar-refractivity contribution in [1.29, 1.82) is 0 Å². The Kier molecular flexibility index (Phi) is 3.18. The van der Waals surface area contributed by atoms with Crippen LogP contribution in [-0.4, -0.2) is 13.9 Å². The smallest absolute Gasteiger partial charge is 0.106 e. The van der Waals surface area contributed by atoms with Crippen LogP contribution in [0.2, 0.25) is 0 Å². The minimum absolute atomic E-state index is 0.739. The summed E-state index contributed by atoms with van der Waals surface area (Å²) in [6.07, 6.45) is 5.94. The molecule has 1 aromatic heterocycles. The summed E-state index contributed by atoms with van der Waals surface area (Å²) in [5, 5.41) is 0. The maximum Gasteiger partial charge on any atom is 0.106 e. The lowest BCUT2D eigenvalue weighted by Gasteiger charge is -1.98. The molecule has 0 aromatic carbocycles. The highest BCUT2D eigenvalue weighted by Crippen LogP contribution is 2.07. The van der Waals surface area contributed by atoms with Crippen molar-refractivity contribution >= 4 is 22.6 Å². The Morgan fingerprint density at radius 3 is 3.10 bits per heavy atom. The zero-order chi connectivity index (χ0) is 7.40. The van der Waals surface area contributed by atoms with E-state index in [4.69, 9.17) is 0 Å². The number of alkyl halides is 1. The quantitative estimate of drug-likeness (QED) is 0.646. The minimum atomic E-state index is 0.739. The third-order valence-corrected chi connectivity index (χ3v) is 1.96. The second kappa shape index (κ2) is 3.95. The number of hydrogen-bond acceptors (Lipinski definition) is 1. The predicted octanol–water partition coefficient (Wildman–Crippen LogP) is 2.17. The van der Waals surface area contributed by atoms with Gasteiger partial charge < -0.3 is 4.98 Å². The van der Waals surface area contributed by atoms with E-state index in [1.54, 1.807) is 6.20 Å². The Hall–Kier alpha value is -0.0600. The van der Waals surface area contributed by atoms with E-state index in [0.29, 0.717) is 0 Å². The predicted molar refractivity (Wildman–Crippen MR) is 50.4 cm³/mol. The monoisotopic (exact) mass is 250 g/mol. The average Bonchev–Trinajstić information content (AvgIpc) is 2.34. The molecule has 0 radical (unpaired) electrons. The van der Waals surface area contributed by atoms with E-state index < -0.39 is 0 Å². The van der Waals surface area contributed by atoms with Crippen LogP contribution in [0.3, 0.4) is 0 Å².